The van der Waals surface area contributed by atoms with E-state index >= 15 is 0 Å². The number of nitrogens with zero attached hydrogens (tertiary/aromatic N) is 3. The molecule has 1 aromatic rings. The summed E-state index contributed by atoms with van der Waals surface area (Å²) < 4.78 is 0.861. The van der Waals surface area contributed by atoms with Gasteiger partial charge in [0.1, 0.15) is 10.5 Å². The van der Waals surface area contributed by atoms with E-state index in [2.05, 4.69) is 23.6 Å². The van der Waals surface area contributed by atoms with Crippen molar-refractivity contribution in [3.05, 3.63) is 33.9 Å². The van der Waals surface area contributed by atoms with Crippen LogP contribution in [0.4, 0.5) is 5.69 Å². The number of fused-ring (bicyclic) bond motifs is 3. The molecule has 0 bridgehead atoms. The molecule has 5 nitrogen and oxygen atoms in total. The number of rotatable bonds is 2. The van der Waals surface area contributed by atoms with Crippen LogP contribution in [0.2, 0.25) is 0 Å². The fourth-order valence-corrected chi connectivity index (χ4v) is 4.20. The smallest absolute Gasteiger partial charge is 0.269 e. The first-order valence-corrected chi connectivity index (χ1v) is 7.74. The Morgan fingerprint density at radius 3 is 2.85 bits per heavy atom. The van der Waals surface area contributed by atoms with Gasteiger partial charge in [0.2, 0.25) is 0 Å². The van der Waals surface area contributed by atoms with E-state index in [0.717, 1.165) is 27.9 Å². The molecule has 0 aliphatic carbocycles. The fraction of sp³-hybridized carbons (Fsp3) is 0.462. The minimum atomic E-state index is -0.336. The highest BCUT2D eigenvalue weighted by Crippen LogP contribution is 2.45. The third-order valence-corrected chi connectivity index (χ3v) is 5.27. The summed E-state index contributed by atoms with van der Waals surface area (Å²) in [6.45, 7) is 6.11. The zero-order valence-corrected chi connectivity index (χ0v) is 12.9. The molecule has 0 N–H and O–H groups in total. The Hall–Kier alpha value is -1.18. The first-order valence-electron chi connectivity index (χ1n) is 6.51. The summed E-state index contributed by atoms with van der Waals surface area (Å²) >= 11 is 7.00. The van der Waals surface area contributed by atoms with Gasteiger partial charge in [0, 0.05) is 41.7 Å². The molecule has 0 radical (unpaired) electrons. The molecule has 0 aromatic heterocycles. The normalized spacial score (nSPS) is 22.1. The van der Waals surface area contributed by atoms with Crippen LogP contribution in [0.15, 0.2) is 23.1 Å². The molecule has 3 rings (SSSR count). The summed E-state index contributed by atoms with van der Waals surface area (Å²) in [4.78, 5) is 16.2. The van der Waals surface area contributed by atoms with Crippen molar-refractivity contribution in [2.24, 2.45) is 0 Å². The van der Waals surface area contributed by atoms with Gasteiger partial charge in [0.15, 0.2) is 0 Å². The molecule has 2 heterocycles. The van der Waals surface area contributed by atoms with Gasteiger partial charge in [-0.3, -0.25) is 15.0 Å². The lowest BCUT2D eigenvalue weighted by molar-refractivity contribution is -0.385. The first kappa shape index (κ1) is 13.8. The SMILES string of the molecule is CC(C)N1CCN2C(=S)Sc3ccc([N+](=O)[O-])cc3C21. The second kappa shape index (κ2) is 4.98. The molecule has 20 heavy (non-hydrogen) atoms. The number of thioether (sulfide) groups is 1. The third kappa shape index (κ3) is 2.10. The predicted molar refractivity (Wildman–Crippen MR) is 82.8 cm³/mol. The second-order valence-corrected chi connectivity index (χ2v) is 6.92. The van der Waals surface area contributed by atoms with Crippen molar-refractivity contribution >= 4 is 34.0 Å². The second-order valence-electron chi connectivity index (χ2n) is 5.25. The highest BCUT2D eigenvalue weighted by Gasteiger charge is 2.41. The average molecular weight is 309 g/mol. The minimum Gasteiger partial charge on any atom is -0.336 e. The molecule has 1 aromatic carbocycles. The molecule has 1 saturated heterocycles. The molecule has 7 heteroatoms. The van der Waals surface area contributed by atoms with Crippen LogP contribution in [0.1, 0.15) is 25.6 Å². The van der Waals surface area contributed by atoms with Gasteiger partial charge in [-0.25, -0.2) is 0 Å². The molecule has 0 amide bonds. The lowest BCUT2D eigenvalue weighted by Crippen LogP contribution is -2.38. The van der Waals surface area contributed by atoms with Gasteiger partial charge in [-0.2, -0.15) is 0 Å². The van der Waals surface area contributed by atoms with Crippen LogP contribution < -0.4 is 0 Å². The average Bonchev–Trinajstić information content (AvgIpc) is 2.84. The summed E-state index contributed by atoms with van der Waals surface area (Å²) in [5.41, 5.74) is 1.15. The van der Waals surface area contributed by atoms with Gasteiger partial charge in [-0.15, -0.1) is 0 Å². The molecule has 1 unspecified atom stereocenters. The standard InChI is InChI=1S/C13H15N3O2S2/c1-8(2)14-5-6-15-12(14)10-7-9(16(17)18)3-4-11(10)20-13(15)19/h3-4,7-8,12H,5-6H2,1-2H3. The van der Waals surface area contributed by atoms with Crippen LogP contribution in [0, 0.1) is 10.1 Å². The molecular weight excluding hydrogens is 294 g/mol. The van der Waals surface area contributed by atoms with E-state index in [4.69, 9.17) is 12.2 Å². The number of nitro benzene ring substituents is 1. The minimum absolute atomic E-state index is 0.0404. The van der Waals surface area contributed by atoms with E-state index in [-0.39, 0.29) is 16.8 Å². The van der Waals surface area contributed by atoms with Crippen LogP contribution >= 0.6 is 24.0 Å². The summed E-state index contributed by atoms with van der Waals surface area (Å²) in [6, 6.07) is 5.45. The summed E-state index contributed by atoms with van der Waals surface area (Å²) in [7, 11) is 0. The van der Waals surface area contributed by atoms with Crippen molar-refractivity contribution in [1.29, 1.82) is 0 Å². The maximum atomic E-state index is 11.0. The quantitative estimate of drug-likeness (QED) is 0.475. The Bertz CT molecular complexity index is 591. The third-order valence-electron chi connectivity index (χ3n) is 3.79. The number of hydrogen-bond acceptors (Lipinski definition) is 5. The Kier molecular flexibility index (Phi) is 3.43. The van der Waals surface area contributed by atoms with E-state index < -0.39 is 0 Å². The zero-order valence-electron chi connectivity index (χ0n) is 11.3. The van der Waals surface area contributed by atoms with Crippen LogP contribution in [0.3, 0.4) is 0 Å². The van der Waals surface area contributed by atoms with E-state index in [1.807, 2.05) is 6.07 Å². The summed E-state index contributed by atoms with van der Waals surface area (Å²) in [5, 5.41) is 11.0. The zero-order chi connectivity index (χ0) is 14.4. The highest BCUT2D eigenvalue weighted by atomic mass is 32.2. The van der Waals surface area contributed by atoms with Crippen LogP contribution in [0.25, 0.3) is 0 Å². The van der Waals surface area contributed by atoms with Crippen molar-refractivity contribution in [2.75, 3.05) is 13.1 Å². The Morgan fingerprint density at radius 2 is 2.20 bits per heavy atom. The van der Waals surface area contributed by atoms with Gasteiger partial charge in [-0.1, -0.05) is 24.0 Å². The highest BCUT2D eigenvalue weighted by molar-refractivity contribution is 8.23. The monoisotopic (exact) mass is 309 g/mol. The van der Waals surface area contributed by atoms with Gasteiger partial charge in [-0.05, 0) is 19.9 Å². The number of non-ortho nitro benzene ring substituents is 1. The fourth-order valence-electron chi connectivity index (χ4n) is 2.82. The van der Waals surface area contributed by atoms with E-state index in [1.54, 1.807) is 12.1 Å². The van der Waals surface area contributed by atoms with E-state index in [9.17, 15) is 10.1 Å². The van der Waals surface area contributed by atoms with Gasteiger partial charge in [0.05, 0.1) is 4.92 Å². The lowest BCUT2D eigenvalue weighted by Gasteiger charge is -2.38. The topological polar surface area (TPSA) is 49.6 Å². The molecule has 0 saturated carbocycles. The van der Waals surface area contributed by atoms with Gasteiger partial charge >= 0.3 is 0 Å². The van der Waals surface area contributed by atoms with Crippen LogP contribution in [-0.4, -0.2) is 38.2 Å². The lowest BCUT2D eigenvalue weighted by atomic mass is 10.1. The number of benzene rings is 1. The molecular formula is C13H15N3O2S2. The first-order chi connectivity index (χ1) is 9.49. The van der Waals surface area contributed by atoms with Crippen molar-refractivity contribution in [1.82, 2.24) is 9.80 Å². The van der Waals surface area contributed by atoms with E-state index in [0.29, 0.717) is 6.04 Å². The largest absolute Gasteiger partial charge is 0.336 e. The molecule has 106 valence electrons. The molecule has 2 aliphatic heterocycles. The van der Waals surface area contributed by atoms with Crippen LogP contribution in [-0.2, 0) is 0 Å². The predicted octanol–water partition coefficient (Wildman–Crippen LogP) is 3.01. The van der Waals surface area contributed by atoms with Gasteiger partial charge < -0.3 is 4.90 Å². The maximum absolute atomic E-state index is 11.0. The molecule has 1 atom stereocenters. The van der Waals surface area contributed by atoms with Crippen LogP contribution in [0.5, 0.6) is 0 Å². The van der Waals surface area contributed by atoms with Crippen molar-refractivity contribution in [2.45, 2.75) is 31.0 Å². The molecule has 2 aliphatic rings. The number of hydrogen-bond donors (Lipinski definition) is 0. The van der Waals surface area contributed by atoms with Gasteiger partial charge in [0.25, 0.3) is 5.69 Å². The maximum Gasteiger partial charge on any atom is 0.269 e. The number of nitro groups is 1. The Balaban J connectivity index is 2.10. The van der Waals surface area contributed by atoms with Crippen molar-refractivity contribution in [3.63, 3.8) is 0 Å². The molecule has 1 fully saturated rings. The van der Waals surface area contributed by atoms with Crippen molar-refractivity contribution in [3.8, 4) is 0 Å². The molecule has 0 spiro atoms. The Labute approximate surface area is 127 Å². The van der Waals surface area contributed by atoms with Crippen molar-refractivity contribution < 1.29 is 4.92 Å². The summed E-state index contributed by atoms with van der Waals surface area (Å²) in [6.07, 6.45) is 0.0404. The Morgan fingerprint density at radius 1 is 1.45 bits per heavy atom. The van der Waals surface area contributed by atoms with E-state index in [1.165, 1.54) is 11.8 Å². The summed E-state index contributed by atoms with van der Waals surface area (Å²) in [5.74, 6) is 0. The number of thiocarbonyl (C=S) groups is 1.